The highest BCUT2D eigenvalue weighted by molar-refractivity contribution is 6.18. The van der Waals surface area contributed by atoms with Crippen LogP contribution in [-0.4, -0.2) is 4.57 Å². The van der Waals surface area contributed by atoms with Crippen LogP contribution in [-0.2, 0) is 5.41 Å². The SMILES string of the molecule is c1ccc(N(c2ccccc2)c2cc3c(c4ccccc24)-c2c(ccc4ccccc24)C32c3ccccc3-n3c4ccccc4c4cccc2c43)cc1. The Morgan fingerprint density at radius 1 is 0.377 bits per heavy atom. The molecule has 0 saturated heterocycles. The summed E-state index contributed by atoms with van der Waals surface area (Å²) in [5.41, 5.74) is 14.6. The minimum atomic E-state index is -0.576. The fraction of sp³-hybridized carbons (Fsp3) is 0.0196. The highest BCUT2D eigenvalue weighted by atomic mass is 15.1. The van der Waals surface area contributed by atoms with Gasteiger partial charge in [0.05, 0.1) is 27.8 Å². The minimum Gasteiger partial charge on any atom is -0.310 e. The molecule has 0 fully saturated rings. The third kappa shape index (κ3) is 3.62. The molecule has 9 aromatic carbocycles. The Bertz CT molecular complexity index is 3080. The zero-order valence-corrected chi connectivity index (χ0v) is 28.9. The molecular weight excluding hydrogens is 641 g/mol. The van der Waals surface area contributed by atoms with Crippen molar-refractivity contribution < 1.29 is 0 Å². The number of hydrogen-bond acceptors (Lipinski definition) is 1. The summed E-state index contributed by atoms with van der Waals surface area (Å²) in [4.78, 5) is 2.45. The highest BCUT2D eigenvalue weighted by Gasteiger charge is 2.52. The molecule has 1 spiro atoms. The molecule has 2 heteroatoms. The van der Waals surface area contributed by atoms with Crippen molar-refractivity contribution in [3.8, 4) is 16.8 Å². The van der Waals surface area contributed by atoms with Gasteiger partial charge in [-0.2, -0.15) is 0 Å². The fourth-order valence-electron chi connectivity index (χ4n) is 9.97. The number of fused-ring (bicyclic) bond motifs is 16. The average molecular weight is 673 g/mol. The van der Waals surface area contributed by atoms with Gasteiger partial charge in [-0.25, -0.2) is 0 Å². The zero-order valence-electron chi connectivity index (χ0n) is 28.9. The number of rotatable bonds is 3. The van der Waals surface area contributed by atoms with E-state index in [9.17, 15) is 0 Å². The molecule has 0 N–H and O–H groups in total. The Morgan fingerprint density at radius 3 is 1.75 bits per heavy atom. The molecule has 53 heavy (non-hydrogen) atoms. The first-order chi connectivity index (χ1) is 26.3. The zero-order chi connectivity index (χ0) is 34.7. The molecule has 12 rings (SSSR count). The van der Waals surface area contributed by atoms with Crippen molar-refractivity contribution >= 4 is 60.4 Å². The molecule has 10 aromatic rings. The summed E-state index contributed by atoms with van der Waals surface area (Å²) >= 11 is 0. The predicted octanol–water partition coefficient (Wildman–Crippen LogP) is 13.2. The predicted molar refractivity (Wildman–Crippen MR) is 221 cm³/mol. The molecule has 2 aliphatic rings. The van der Waals surface area contributed by atoms with Gasteiger partial charge in [-0.05, 0) is 92.0 Å². The Kier molecular flexibility index (Phi) is 5.73. The van der Waals surface area contributed by atoms with Crippen molar-refractivity contribution in [2.45, 2.75) is 5.41 Å². The van der Waals surface area contributed by atoms with Crippen molar-refractivity contribution in [3.05, 3.63) is 216 Å². The molecule has 1 aliphatic carbocycles. The summed E-state index contributed by atoms with van der Waals surface area (Å²) in [6.07, 6.45) is 0. The van der Waals surface area contributed by atoms with Crippen LogP contribution in [0.5, 0.6) is 0 Å². The molecule has 1 atom stereocenters. The van der Waals surface area contributed by atoms with Gasteiger partial charge >= 0.3 is 0 Å². The lowest BCUT2D eigenvalue weighted by molar-refractivity contribution is 0.749. The second-order valence-electron chi connectivity index (χ2n) is 14.4. The first kappa shape index (κ1) is 28.8. The maximum atomic E-state index is 2.54. The summed E-state index contributed by atoms with van der Waals surface area (Å²) in [5.74, 6) is 0. The molecule has 0 radical (unpaired) electrons. The molecule has 1 aromatic heterocycles. The van der Waals surface area contributed by atoms with E-state index in [-0.39, 0.29) is 0 Å². The number of aromatic nitrogens is 1. The lowest BCUT2D eigenvalue weighted by atomic mass is 9.65. The smallest absolute Gasteiger partial charge is 0.0755 e. The van der Waals surface area contributed by atoms with Crippen LogP contribution in [0, 0.1) is 0 Å². The van der Waals surface area contributed by atoms with Crippen molar-refractivity contribution in [2.75, 3.05) is 4.90 Å². The lowest BCUT2D eigenvalue weighted by Crippen LogP contribution is -2.33. The second-order valence-corrected chi connectivity index (χ2v) is 14.4. The van der Waals surface area contributed by atoms with E-state index < -0.39 is 5.41 Å². The van der Waals surface area contributed by atoms with Crippen LogP contribution in [0.2, 0.25) is 0 Å². The molecular formula is C51H32N2. The summed E-state index contributed by atoms with van der Waals surface area (Å²) < 4.78 is 2.53. The normalized spacial score (nSPS) is 15.2. The van der Waals surface area contributed by atoms with Crippen molar-refractivity contribution in [1.82, 2.24) is 4.57 Å². The van der Waals surface area contributed by atoms with E-state index in [0.29, 0.717) is 0 Å². The topological polar surface area (TPSA) is 8.17 Å². The highest BCUT2D eigenvalue weighted by Crippen LogP contribution is 2.64. The number of para-hydroxylation sites is 5. The van der Waals surface area contributed by atoms with E-state index in [2.05, 4.69) is 204 Å². The van der Waals surface area contributed by atoms with Crippen LogP contribution in [0.4, 0.5) is 17.1 Å². The van der Waals surface area contributed by atoms with Crippen molar-refractivity contribution in [1.29, 1.82) is 0 Å². The van der Waals surface area contributed by atoms with Gasteiger partial charge in [-0.15, -0.1) is 0 Å². The molecule has 0 bridgehead atoms. The third-order valence-corrected chi connectivity index (χ3v) is 11.9. The van der Waals surface area contributed by atoms with Gasteiger partial charge in [0.25, 0.3) is 0 Å². The van der Waals surface area contributed by atoms with E-state index in [1.807, 2.05) is 0 Å². The van der Waals surface area contributed by atoms with Crippen LogP contribution in [0.1, 0.15) is 22.3 Å². The maximum absolute atomic E-state index is 2.54. The van der Waals surface area contributed by atoms with E-state index in [4.69, 9.17) is 0 Å². The molecule has 2 heterocycles. The molecule has 1 aliphatic heterocycles. The first-order valence-corrected chi connectivity index (χ1v) is 18.5. The Balaban J connectivity index is 1.33. The molecule has 0 amide bonds. The summed E-state index contributed by atoms with van der Waals surface area (Å²) in [7, 11) is 0. The fourth-order valence-corrected chi connectivity index (χ4v) is 9.97. The molecule has 2 nitrogen and oxygen atoms in total. The number of anilines is 3. The van der Waals surface area contributed by atoms with Crippen LogP contribution in [0.3, 0.4) is 0 Å². The Labute approximate surface area is 307 Å². The quantitative estimate of drug-likeness (QED) is 0.181. The molecule has 1 unspecified atom stereocenters. The van der Waals surface area contributed by atoms with Gasteiger partial charge in [0.2, 0.25) is 0 Å². The standard InChI is InChI=1S/C51H32N2/c1-3-17-34(18-4-1)52(35-19-5-2-6-20-35)47-32-44-49(39-24-10-9-22-37(39)47)48-36-21-8-7-16-33(36)30-31-42(48)51(44)41-26-12-14-29-46(41)53-45-28-13-11-23-38(45)40-25-15-27-43(51)50(40)53/h1-32H. The van der Waals surface area contributed by atoms with Gasteiger partial charge < -0.3 is 9.47 Å². The van der Waals surface area contributed by atoms with Gasteiger partial charge in [0.1, 0.15) is 0 Å². The summed E-state index contributed by atoms with van der Waals surface area (Å²) in [6, 6.07) is 72.1. The maximum Gasteiger partial charge on any atom is 0.0755 e. The van der Waals surface area contributed by atoms with Crippen LogP contribution in [0.15, 0.2) is 194 Å². The van der Waals surface area contributed by atoms with Crippen LogP contribution < -0.4 is 4.90 Å². The molecule has 0 saturated carbocycles. The van der Waals surface area contributed by atoms with E-state index in [0.717, 1.165) is 11.4 Å². The number of benzene rings is 9. The van der Waals surface area contributed by atoms with Gasteiger partial charge in [-0.3, -0.25) is 0 Å². The van der Waals surface area contributed by atoms with Crippen LogP contribution in [0.25, 0.3) is 60.2 Å². The first-order valence-electron chi connectivity index (χ1n) is 18.5. The Hall–Kier alpha value is -6.90. The summed E-state index contributed by atoms with van der Waals surface area (Å²) in [5, 5.41) is 7.62. The largest absolute Gasteiger partial charge is 0.310 e. The van der Waals surface area contributed by atoms with E-state index in [1.54, 1.807) is 0 Å². The number of hydrogen-bond donors (Lipinski definition) is 0. The van der Waals surface area contributed by atoms with Crippen LogP contribution >= 0.6 is 0 Å². The lowest BCUT2D eigenvalue weighted by Gasteiger charge is -2.40. The van der Waals surface area contributed by atoms with E-state index >= 15 is 0 Å². The van der Waals surface area contributed by atoms with E-state index in [1.165, 1.54) is 88.1 Å². The average Bonchev–Trinajstić information content (AvgIpc) is 3.73. The third-order valence-electron chi connectivity index (χ3n) is 11.9. The second kappa shape index (κ2) is 10.6. The molecule has 246 valence electrons. The monoisotopic (exact) mass is 672 g/mol. The van der Waals surface area contributed by atoms with Gasteiger partial charge in [-0.1, -0.05) is 152 Å². The Morgan fingerprint density at radius 2 is 0.962 bits per heavy atom. The van der Waals surface area contributed by atoms with Gasteiger partial charge in [0.15, 0.2) is 0 Å². The van der Waals surface area contributed by atoms with Crippen molar-refractivity contribution in [2.24, 2.45) is 0 Å². The van der Waals surface area contributed by atoms with Gasteiger partial charge in [0, 0.05) is 27.5 Å². The van der Waals surface area contributed by atoms with Crippen molar-refractivity contribution in [3.63, 3.8) is 0 Å². The number of nitrogens with zero attached hydrogens (tertiary/aromatic N) is 2. The minimum absolute atomic E-state index is 0.576. The summed E-state index contributed by atoms with van der Waals surface area (Å²) in [6.45, 7) is 0.